The molecule has 0 amide bonds. The first kappa shape index (κ1) is 20.9. The van der Waals surface area contributed by atoms with Crippen LogP contribution in [-0.2, 0) is 11.3 Å². The zero-order chi connectivity index (χ0) is 22.7. The minimum atomic E-state index is -0.723. The van der Waals surface area contributed by atoms with Gasteiger partial charge in [-0.1, -0.05) is 48.5 Å². The Kier molecular flexibility index (Phi) is 5.76. The summed E-state index contributed by atoms with van der Waals surface area (Å²) in [6, 6.07) is 19.6. The van der Waals surface area contributed by atoms with Crippen molar-refractivity contribution < 1.29 is 19.4 Å². The highest BCUT2D eigenvalue weighted by atomic mass is 16.5. The summed E-state index contributed by atoms with van der Waals surface area (Å²) in [5, 5.41) is 17.1. The van der Waals surface area contributed by atoms with Crippen LogP contribution in [0.15, 0.2) is 71.5 Å². The quantitative estimate of drug-likeness (QED) is 0.452. The molecule has 3 aromatic carbocycles. The number of H-pyrrole nitrogens is 1. The van der Waals surface area contributed by atoms with Crippen LogP contribution in [-0.4, -0.2) is 33.0 Å². The second-order valence-electron chi connectivity index (χ2n) is 7.11. The van der Waals surface area contributed by atoms with E-state index in [-0.39, 0.29) is 29.5 Å². The zero-order valence-corrected chi connectivity index (χ0v) is 17.5. The van der Waals surface area contributed by atoms with E-state index in [2.05, 4.69) is 10.2 Å². The second-order valence-corrected chi connectivity index (χ2v) is 7.11. The van der Waals surface area contributed by atoms with Crippen molar-refractivity contribution in [2.24, 2.45) is 0 Å². The van der Waals surface area contributed by atoms with Crippen molar-refractivity contribution in [3.63, 3.8) is 0 Å². The zero-order valence-electron chi connectivity index (χ0n) is 17.5. The van der Waals surface area contributed by atoms with E-state index in [1.807, 2.05) is 55.5 Å². The number of methoxy groups -OCH3 is 1. The molecule has 0 saturated carbocycles. The van der Waals surface area contributed by atoms with Gasteiger partial charge >= 0.3 is 11.7 Å². The van der Waals surface area contributed by atoms with Crippen LogP contribution in [0.4, 0.5) is 0 Å². The second kappa shape index (κ2) is 8.81. The lowest BCUT2D eigenvalue weighted by Gasteiger charge is -2.15. The maximum absolute atomic E-state index is 12.7. The van der Waals surface area contributed by atoms with Crippen molar-refractivity contribution in [2.75, 3.05) is 7.11 Å². The number of benzene rings is 3. The molecule has 4 rings (SSSR count). The Morgan fingerprint density at radius 2 is 1.81 bits per heavy atom. The number of phenols is 1. The SMILES string of the molecule is COC(=O)c1cc(-c2n[nH]c(=O)n2-c2ccccc2C)c(OCc2ccccc2)cc1O. The molecule has 2 N–H and O–H groups in total. The van der Waals surface area contributed by atoms with Gasteiger partial charge in [0.25, 0.3) is 0 Å². The van der Waals surface area contributed by atoms with Crippen LogP contribution in [0.2, 0.25) is 0 Å². The van der Waals surface area contributed by atoms with Crippen LogP contribution in [0.25, 0.3) is 17.1 Å². The number of esters is 1. The Hall–Kier alpha value is -4.33. The van der Waals surface area contributed by atoms with Gasteiger partial charge in [-0.05, 0) is 30.2 Å². The van der Waals surface area contributed by atoms with Gasteiger partial charge in [-0.2, -0.15) is 5.10 Å². The van der Waals surface area contributed by atoms with Gasteiger partial charge in [0.05, 0.1) is 18.4 Å². The summed E-state index contributed by atoms with van der Waals surface area (Å²) in [4.78, 5) is 24.9. The first-order valence-electron chi connectivity index (χ1n) is 9.85. The number of para-hydroxylation sites is 1. The molecule has 0 atom stereocenters. The molecule has 4 aromatic rings. The molecule has 0 unspecified atom stereocenters. The fourth-order valence-corrected chi connectivity index (χ4v) is 3.39. The average molecular weight is 431 g/mol. The number of carbonyl (C=O) groups excluding carboxylic acids is 1. The lowest BCUT2D eigenvalue weighted by atomic mass is 10.1. The Bertz CT molecular complexity index is 1330. The highest BCUT2D eigenvalue weighted by Gasteiger charge is 2.23. The largest absolute Gasteiger partial charge is 0.507 e. The summed E-state index contributed by atoms with van der Waals surface area (Å²) in [5.41, 5.74) is 2.23. The summed E-state index contributed by atoms with van der Waals surface area (Å²) >= 11 is 0. The van der Waals surface area contributed by atoms with E-state index in [1.165, 1.54) is 23.8 Å². The maximum Gasteiger partial charge on any atom is 0.348 e. The van der Waals surface area contributed by atoms with E-state index in [1.54, 1.807) is 6.07 Å². The van der Waals surface area contributed by atoms with Gasteiger partial charge in [-0.15, -0.1) is 0 Å². The highest BCUT2D eigenvalue weighted by molar-refractivity contribution is 5.94. The van der Waals surface area contributed by atoms with Crippen molar-refractivity contribution in [1.29, 1.82) is 0 Å². The number of nitrogens with one attached hydrogen (secondary N) is 1. The van der Waals surface area contributed by atoms with E-state index in [9.17, 15) is 14.7 Å². The number of aromatic amines is 1. The van der Waals surface area contributed by atoms with Gasteiger partial charge in [-0.25, -0.2) is 19.3 Å². The van der Waals surface area contributed by atoms with Crippen molar-refractivity contribution in [1.82, 2.24) is 14.8 Å². The summed E-state index contributed by atoms with van der Waals surface area (Å²) in [7, 11) is 1.22. The molecular weight excluding hydrogens is 410 g/mol. The Morgan fingerprint density at radius 3 is 2.53 bits per heavy atom. The molecule has 0 radical (unpaired) electrons. The van der Waals surface area contributed by atoms with E-state index in [0.717, 1.165) is 11.1 Å². The molecule has 1 aromatic heterocycles. The molecule has 0 saturated heterocycles. The number of hydrogen-bond donors (Lipinski definition) is 2. The minimum Gasteiger partial charge on any atom is -0.507 e. The molecule has 0 spiro atoms. The van der Waals surface area contributed by atoms with Crippen LogP contribution in [0.1, 0.15) is 21.5 Å². The molecule has 32 heavy (non-hydrogen) atoms. The molecule has 162 valence electrons. The lowest BCUT2D eigenvalue weighted by molar-refractivity contribution is 0.0597. The van der Waals surface area contributed by atoms with Gasteiger partial charge in [-0.3, -0.25) is 0 Å². The third-order valence-electron chi connectivity index (χ3n) is 5.01. The molecule has 8 heteroatoms. The Balaban J connectivity index is 1.88. The summed E-state index contributed by atoms with van der Waals surface area (Å²) < 4.78 is 12.2. The molecule has 0 aliphatic rings. The van der Waals surface area contributed by atoms with Crippen LogP contribution in [0.3, 0.4) is 0 Å². The van der Waals surface area contributed by atoms with E-state index >= 15 is 0 Å². The van der Waals surface area contributed by atoms with E-state index in [4.69, 9.17) is 9.47 Å². The van der Waals surface area contributed by atoms with Crippen LogP contribution in [0, 0.1) is 6.92 Å². The number of hydrogen-bond acceptors (Lipinski definition) is 6. The van der Waals surface area contributed by atoms with E-state index in [0.29, 0.717) is 11.3 Å². The number of ether oxygens (including phenoxy) is 2. The summed E-state index contributed by atoms with van der Waals surface area (Å²) in [6.07, 6.45) is 0. The highest BCUT2D eigenvalue weighted by Crippen LogP contribution is 2.36. The van der Waals surface area contributed by atoms with Gasteiger partial charge in [0.2, 0.25) is 0 Å². The normalized spacial score (nSPS) is 10.7. The first-order chi connectivity index (χ1) is 15.5. The Labute approximate surface area is 183 Å². The summed E-state index contributed by atoms with van der Waals surface area (Å²) in [6.45, 7) is 2.09. The van der Waals surface area contributed by atoms with Crippen LogP contribution >= 0.6 is 0 Å². The fourth-order valence-electron chi connectivity index (χ4n) is 3.39. The lowest BCUT2D eigenvalue weighted by Crippen LogP contribution is -2.17. The molecule has 1 heterocycles. The number of carbonyl (C=O) groups is 1. The smallest absolute Gasteiger partial charge is 0.348 e. The topological polar surface area (TPSA) is 106 Å². The predicted octanol–water partition coefficient (Wildman–Crippen LogP) is 3.61. The van der Waals surface area contributed by atoms with Crippen molar-refractivity contribution >= 4 is 5.97 Å². The molecule has 0 aliphatic carbocycles. The number of aromatic nitrogens is 3. The van der Waals surface area contributed by atoms with Gasteiger partial charge < -0.3 is 14.6 Å². The van der Waals surface area contributed by atoms with E-state index < -0.39 is 11.7 Å². The van der Waals surface area contributed by atoms with Gasteiger partial charge in [0.1, 0.15) is 23.7 Å². The molecule has 0 fully saturated rings. The van der Waals surface area contributed by atoms with Gasteiger partial charge in [0, 0.05) is 6.07 Å². The molecule has 0 aliphatic heterocycles. The molecule has 8 nitrogen and oxygen atoms in total. The van der Waals surface area contributed by atoms with Crippen LogP contribution < -0.4 is 10.4 Å². The number of aryl methyl sites for hydroxylation is 1. The molecular formula is C24H21N3O5. The van der Waals surface area contributed by atoms with Crippen molar-refractivity contribution in [3.05, 3.63) is 93.9 Å². The average Bonchev–Trinajstić information content (AvgIpc) is 3.19. The third kappa shape index (κ3) is 3.98. The third-order valence-corrected chi connectivity index (χ3v) is 5.01. The monoisotopic (exact) mass is 431 g/mol. The van der Waals surface area contributed by atoms with Gasteiger partial charge in [0.15, 0.2) is 5.82 Å². The summed E-state index contributed by atoms with van der Waals surface area (Å²) in [5.74, 6) is -0.534. The number of aromatic hydroxyl groups is 1. The maximum atomic E-state index is 12.7. The fraction of sp³-hybridized carbons (Fsp3) is 0.125. The number of phenolic OH excluding ortho intramolecular Hbond substituents is 1. The van der Waals surface area contributed by atoms with Crippen molar-refractivity contribution in [3.8, 4) is 28.6 Å². The first-order valence-corrected chi connectivity index (χ1v) is 9.85. The number of nitrogens with zero attached hydrogens (tertiary/aromatic N) is 2. The van der Waals surface area contributed by atoms with Crippen LogP contribution in [0.5, 0.6) is 11.5 Å². The number of rotatable bonds is 6. The Morgan fingerprint density at radius 1 is 1.09 bits per heavy atom. The minimum absolute atomic E-state index is 0.0682. The molecule has 0 bridgehead atoms. The van der Waals surface area contributed by atoms with Crippen molar-refractivity contribution in [2.45, 2.75) is 13.5 Å². The predicted molar refractivity (Wildman–Crippen MR) is 118 cm³/mol. The standard InChI is InChI=1S/C24H21N3O5/c1-15-8-6-7-11-19(15)27-22(25-26-24(27)30)18-12-17(23(29)31-2)20(28)13-21(18)32-14-16-9-4-3-5-10-16/h3-13,28H,14H2,1-2H3,(H,26,30).